The van der Waals surface area contributed by atoms with Crippen molar-refractivity contribution in [3.63, 3.8) is 0 Å². The van der Waals surface area contributed by atoms with Gasteiger partial charge in [0.25, 0.3) is 0 Å². The number of nitrogens with zero attached hydrogens (tertiary/aromatic N) is 2. The Bertz CT molecular complexity index is 233. The third-order valence-corrected chi connectivity index (χ3v) is 0.331. The summed E-state index contributed by atoms with van der Waals surface area (Å²) in [5, 5.41) is 7.29. The standard InChI is InChI=1S/CHN3O.2CH4N2O2.H2O/c2-1(5)4-3;2*2-1(4)5-3;/h(H-,2,5);2*3H2,(H2,2,4);1H2/p+1. The van der Waals surface area contributed by atoms with Crippen molar-refractivity contribution < 1.29 is 29.5 Å². The molecule has 16 heavy (non-hydrogen) atoms. The molecule has 0 spiro atoms. The molecule has 0 atom stereocenters. The Hall–Kier alpha value is -2.69. The zero-order chi connectivity index (χ0) is 12.9. The SMILES string of the molecule is N#[N+]C(N)=O.NOC(N)=O.NOC(N)=O.O. The van der Waals surface area contributed by atoms with Crippen LogP contribution in [0.25, 0.3) is 4.98 Å². The first-order chi connectivity index (χ1) is 6.81. The van der Waals surface area contributed by atoms with Crippen LogP contribution in [0.2, 0.25) is 0 Å². The minimum Gasteiger partial charge on any atom is -0.412 e. The second-order valence-corrected chi connectivity index (χ2v) is 1.31. The topological polar surface area (TPSA) is 259 Å². The van der Waals surface area contributed by atoms with Crippen molar-refractivity contribution in [2.75, 3.05) is 0 Å². The van der Waals surface area contributed by atoms with Crippen molar-refractivity contribution in [1.82, 2.24) is 0 Å². The van der Waals surface area contributed by atoms with E-state index in [0.717, 1.165) is 0 Å². The molecule has 0 unspecified atom stereocenters. The number of amides is 4. The molecule has 0 aromatic rings. The fourth-order valence-electron chi connectivity index (χ4n) is 0. The zero-order valence-corrected chi connectivity index (χ0v) is 7.82. The van der Waals surface area contributed by atoms with Crippen LogP contribution in [-0.2, 0) is 9.68 Å². The summed E-state index contributed by atoms with van der Waals surface area (Å²) in [7, 11) is 0. The molecule has 0 saturated carbocycles. The number of primary amides is 3. The lowest BCUT2D eigenvalue weighted by molar-refractivity contribution is 0.158. The molecule has 4 amide bonds. The Morgan fingerprint density at radius 1 is 0.938 bits per heavy atom. The van der Waals surface area contributed by atoms with Crippen LogP contribution in [0, 0.1) is 5.39 Å². The third-order valence-electron chi connectivity index (χ3n) is 0.331. The van der Waals surface area contributed by atoms with Gasteiger partial charge in [-0.2, -0.15) is 16.6 Å². The Labute approximate surface area is 88.2 Å². The predicted octanol–water partition coefficient (Wildman–Crippen LogP) is -3.00. The quantitative estimate of drug-likeness (QED) is 0.215. The Balaban J connectivity index is -0.0000000655. The van der Waals surface area contributed by atoms with E-state index in [1.54, 1.807) is 0 Å². The van der Waals surface area contributed by atoms with Gasteiger partial charge in [0.15, 0.2) is 0 Å². The van der Waals surface area contributed by atoms with Crippen molar-refractivity contribution in [1.29, 1.82) is 5.39 Å². The number of rotatable bonds is 0. The molecule has 0 aliphatic heterocycles. The highest BCUT2D eigenvalue weighted by Gasteiger charge is 1.93. The molecule has 0 aliphatic rings. The fourth-order valence-corrected chi connectivity index (χ4v) is 0. The Morgan fingerprint density at radius 2 is 1.06 bits per heavy atom. The molecule has 94 valence electrons. The van der Waals surface area contributed by atoms with E-state index in [1.807, 2.05) is 4.98 Å². The first-order valence-corrected chi connectivity index (χ1v) is 2.78. The maximum Gasteiger partial charge on any atom is 0.629 e. The molecule has 0 aromatic heterocycles. The van der Waals surface area contributed by atoms with Crippen LogP contribution >= 0.6 is 0 Å². The summed E-state index contributed by atoms with van der Waals surface area (Å²) in [6.45, 7) is 0. The smallest absolute Gasteiger partial charge is 0.412 e. The van der Waals surface area contributed by atoms with E-state index in [9.17, 15) is 14.4 Å². The van der Waals surface area contributed by atoms with Gasteiger partial charge < -0.3 is 26.6 Å². The first-order valence-electron chi connectivity index (χ1n) is 2.78. The van der Waals surface area contributed by atoms with E-state index in [1.165, 1.54) is 0 Å². The minimum absolute atomic E-state index is 0. The molecule has 0 fully saturated rings. The molecule has 0 bridgehead atoms. The molecule has 0 radical (unpaired) electrons. The van der Waals surface area contributed by atoms with E-state index in [0.29, 0.717) is 0 Å². The first kappa shape index (κ1) is 23.3. The van der Waals surface area contributed by atoms with E-state index in [-0.39, 0.29) is 5.48 Å². The zero-order valence-electron chi connectivity index (χ0n) is 7.82. The molecule has 12 N–H and O–H groups in total. The van der Waals surface area contributed by atoms with Gasteiger partial charge in [0.1, 0.15) is 5.39 Å². The van der Waals surface area contributed by atoms with Crippen molar-refractivity contribution >= 4 is 18.2 Å². The number of diazo groups is 1. The number of urea groups is 1. The van der Waals surface area contributed by atoms with E-state index in [4.69, 9.17) is 5.39 Å². The monoisotopic (exact) mass is 242 g/mol. The second kappa shape index (κ2) is 18.2. The van der Waals surface area contributed by atoms with Gasteiger partial charge >= 0.3 is 18.2 Å². The second-order valence-electron chi connectivity index (χ2n) is 1.31. The average Bonchev–Trinajstić information content (AvgIpc) is 2.19. The molecule has 0 saturated heterocycles. The highest BCUT2D eigenvalue weighted by Crippen LogP contribution is 1.55. The van der Waals surface area contributed by atoms with Crippen LogP contribution in [0.3, 0.4) is 0 Å². The summed E-state index contributed by atoms with van der Waals surface area (Å²) in [4.78, 5) is 36.5. The van der Waals surface area contributed by atoms with E-state index < -0.39 is 18.2 Å². The number of hydrogen-bond acceptors (Lipinski definition) is 8. The summed E-state index contributed by atoms with van der Waals surface area (Å²) < 4.78 is 0. The summed E-state index contributed by atoms with van der Waals surface area (Å²) in [6, 6.07) is -1.06. The van der Waals surface area contributed by atoms with Gasteiger partial charge in [-0.3, -0.25) is 0 Å². The fraction of sp³-hybridized carbons (Fsp3) is 0. The Morgan fingerprint density at radius 3 is 1.06 bits per heavy atom. The van der Waals surface area contributed by atoms with Gasteiger partial charge in [0.2, 0.25) is 0 Å². The molecular formula is C3H12N7O6+. The van der Waals surface area contributed by atoms with Crippen LogP contribution in [-0.4, -0.2) is 23.7 Å². The number of carbonyl (C=O) groups is 3. The lowest BCUT2D eigenvalue weighted by Crippen LogP contribution is -2.16. The van der Waals surface area contributed by atoms with Crippen LogP contribution < -0.4 is 29.0 Å². The van der Waals surface area contributed by atoms with E-state index in [2.05, 4.69) is 38.7 Å². The average molecular weight is 242 g/mol. The maximum absolute atomic E-state index is 9.24. The molecule has 0 aliphatic carbocycles. The number of carbonyl (C=O) groups excluding carboxylic acids is 3. The van der Waals surface area contributed by atoms with Crippen LogP contribution in [0.4, 0.5) is 14.4 Å². The van der Waals surface area contributed by atoms with Crippen LogP contribution in [0.15, 0.2) is 0 Å². The van der Waals surface area contributed by atoms with Crippen LogP contribution in [0.1, 0.15) is 0 Å². The van der Waals surface area contributed by atoms with Gasteiger partial charge in [-0.15, -0.1) is 0 Å². The largest absolute Gasteiger partial charge is 0.629 e. The summed E-state index contributed by atoms with van der Waals surface area (Å²) >= 11 is 0. The lowest BCUT2D eigenvalue weighted by atomic mass is 11.2. The normalized spacial score (nSPS) is 5.81. The van der Waals surface area contributed by atoms with Crippen molar-refractivity contribution in [2.24, 2.45) is 29.0 Å². The molecular weight excluding hydrogens is 230 g/mol. The van der Waals surface area contributed by atoms with Crippen molar-refractivity contribution in [2.45, 2.75) is 0 Å². The highest BCUT2D eigenvalue weighted by molar-refractivity contribution is 5.81. The molecule has 0 rings (SSSR count). The maximum atomic E-state index is 9.24. The van der Waals surface area contributed by atoms with Crippen molar-refractivity contribution in [3.05, 3.63) is 4.98 Å². The lowest BCUT2D eigenvalue weighted by Gasteiger charge is -1.79. The minimum atomic E-state index is -1.06. The predicted molar refractivity (Wildman–Crippen MR) is 48.0 cm³/mol. The molecule has 13 heteroatoms. The van der Waals surface area contributed by atoms with E-state index >= 15 is 0 Å². The number of nitrogens with two attached hydrogens (primary N) is 5. The summed E-state index contributed by atoms with van der Waals surface area (Å²) in [5.74, 6) is 8.39. The number of hydrogen-bond donors (Lipinski definition) is 5. The van der Waals surface area contributed by atoms with Crippen molar-refractivity contribution in [3.8, 4) is 0 Å². The third kappa shape index (κ3) is 110. The molecule has 0 aromatic carbocycles. The molecule has 13 nitrogen and oxygen atoms in total. The van der Waals surface area contributed by atoms with Crippen LogP contribution in [0.5, 0.6) is 0 Å². The summed E-state index contributed by atoms with van der Waals surface area (Å²) in [6.07, 6.45) is -1.94. The van der Waals surface area contributed by atoms with Gasteiger partial charge in [-0.05, 0) is 0 Å². The molecule has 0 heterocycles. The summed E-state index contributed by atoms with van der Waals surface area (Å²) in [5.41, 5.74) is 12.8. The van der Waals surface area contributed by atoms with Gasteiger partial charge in [-0.1, -0.05) is 0 Å². The van der Waals surface area contributed by atoms with Gasteiger partial charge in [0.05, 0.1) is 4.98 Å². The van der Waals surface area contributed by atoms with Gasteiger partial charge in [-0.25, -0.2) is 15.3 Å². The highest BCUT2D eigenvalue weighted by atomic mass is 16.7. The Kier molecular flexibility index (Phi) is 26.4. The van der Waals surface area contributed by atoms with Gasteiger partial charge in [0, 0.05) is 0 Å².